The van der Waals surface area contributed by atoms with Crippen LogP contribution in [0.3, 0.4) is 0 Å². The molecule has 13 heavy (non-hydrogen) atoms. The van der Waals surface area contributed by atoms with E-state index in [2.05, 4.69) is 10.3 Å². The molecule has 0 aliphatic carbocycles. The molecule has 1 heterocycles. The van der Waals surface area contributed by atoms with Gasteiger partial charge in [-0.1, -0.05) is 13.0 Å². The third-order valence-electron chi connectivity index (χ3n) is 1.90. The van der Waals surface area contributed by atoms with E-state index in [1.165, 1.54) is 0 Å². The molecule has 1 unspecified atom stereocenters. The van der Waals surface area contributed by atoms with Gasteiger partial charge in [-0.2, -0.15) is 0 Å². The van der Waals surface area contributed by atoms with Crippen molar-refractivity contribution in [3.05, 3.63) is 23.9 Å². The van der Waals surface area contributed by atoms with Gasteiger partial charge in [0.15, 0.2) is 0 Å². The zero-order valence-corrected chi connectivity index (χ0v) is 8.12. The van der Waals surface area contributed by atoms with Crippen LogP contribution in [0.4, 0.5) is 5.82 Å². The number of aromatic nitrogens is 1. The fourth-order valence-corrected chi connectivity index (χ4v) is 0.939. The molecule has 0 aromatic carbocycles. The lowest BCUT2D eigenvalue weighted by atomic mass is 10.3. The lowest BCUT2D eigenvalue weighted by Crippen LogP contribution is -2.18. The number of aliphatic hydroxyl groups is 1. The molecule has 0 spiro atoms. The van der Waals surface area contributed by atoms with Gasteiger partial charge in [0.05, 0.1) is 6.10 Å². The number of nitrogens with zero attached hydrogens (tertiary/aromatic N) is 1. The maximum absolute atomic E-state index is 9.28. The van der Waals surface area contributed by atoms with E-state index in [9.17, 15) is 5.11 Å². The molecule has 0 fully saturated rings. The van der Waals surface area contributed by atoms with Crippen LogP contribution in [-0.4, -0.2) is 22.7 Å². The first-order chi connectivity index (χ1) is 6.22. The second-order valence-electron chi connectivity index (χ2n) is 3.16. The second-order valence-corrected chi connectivity index (χ2v) is 3.16. The summed E-state index contributed by atoms with van der Waals surface area (Å²) < 4.78 is 0. The highest BCUT2D eigenvalue weighted by atomic mass is 16.3. The smallest absolute Gasteiger partial charge is 0.125 e. The van der Waals surface area contributed by atoms with Crippen molar-refractivity contribution in [2.75, 3.05) is 11.9 Å². The first-order valence-corrected chi connectivity index (χ1v) is 4.57. The highest BCUT2D eigenvalue weighted by Crippen LogP contribution is 2.03. The van der Waals surface area contributed by atoms with E-state index in [1.807, 2.05) is 26.0 Å². The molecule has 0 aliphatic heterocycles. The van der Waals surface area contributed by atoms with Crippen molar-refractivity contribution >= 4 is 5.82 Å². The van der Waals surface area contributed by atoms with Gasteiger partial charge in [-0.25, -0.2) is 4.98 Å². The largest absolute Gasteiger partial charge is 0.391 e. The fourth-order valence-electron chi connectivity index (χ4n) is 0.939. The highest BCUT2D eigenvalue weighted by molar-refractivity contribution is 5.35. The summed E-state index contributed by atoms with van der Waals surface area (Å²) in [5.41, 5.74) is 1.14. The summed E-state index contributed by atoms with van der Waals surface area (Å²) in [7, 11) is 0. The van der Waals surface area contributed by atoms with Crippen LogP contribution >= 0.6 is 0 Å². The first kappa shape index (κ1) is 9.99. The molecule has 3 heteroatoms. The van der Waals surface area contributed by atoms with Crippen molar-refractivity contribution in [3.63, 3.8) is 0 Å². The van der Waals surface area contributed by atoms with Crippen LogP contribution in [0, 0.1) is 6.92 Å². The van der Waals surface area contributed by atoms with Crippen LogP contribution in [0.1, 0.15) is 18.9 Å². The van der Waals surface area contributed by atoms with Crippen LogP contribution in [0.2, 0.25) is 0 Å². The zero-order chi connectivity index (χ0) is 9.68. The molecule has 1 aromatic heterocycles. The van der Waals surface area contributed by atoms with Gasteiger partial charge in [0.2, 0.25) is 0 Å². The summed E-state index contributed by atoms with van der Waals surface area (Å²) in [4.78, 5) is 4.16. The molecule has 1 atom stereocenters. The third kappa shape index (κ3) is 3.42. The Balaban J connectivity index is 2.41. The SMILES string of the molecule is CCC(O)CNc1ccc(C)cn1. The van der Waals surface area contributed by atoms with Gasteiger partial charge in [-0.3, -0.25) is 0 Å². The number of hydrogen-bond donors (Lipinski definition) is 2. The molecule has 0 radical (unpaired) electrons. The van der Waals surface area contributed by atoms with Crippen LogP contribution < -0.4 is 5.32 Å². The monoisotopic (exact) mass is 180 g/mol. The maximum Gasteiger partial charge on any atom is 0.125 e. The normalized spacial score (nSPS) is 12.5. The van der Waals surface area contributed by atoms with E-state index >= 15 is 0 Å². The Bertz CT molecular complexity index is 246. The van der Waals surface area contributed by atoms with E-state index in [1.54, 1.807) is 6.20 Å². The average Bonchev–Trinajstić information content (AvgIpc) is 2.16. The van der Waals surface area contributed by atoms with Gasteiger partial charge in [0, 0.05) is 12.7 Å². The van der Waals surface area contributed by atoms with Crippen molar-refractivity contribution in [1.29, 1.82) is 0 Å². The Kier molecular flexibility index (Phi) is 3.71. The minimum Gasteiger partial charge on any atom is -0.391 e. The number of nitrogens with one attached hydrogen (secondary N) is 1. The van der Waals surface area contributed by atoms with E-state index < -0.39 is 0 Å². The minimum absolute atomic E-state index is 0.289. The average molecular weight is 180 g/mol. The van der Waals surface area contributed by atoms with Crippen molar-refractivity contribution < 1.29 is 5.11 Å². The summed E-state index contributed by atoms with van der Waals surface area (Å²) in [5, 5.41) is 12.3. The number of pyridine rings is 1. The molecule has 72 valence electrons. The third-order valence-corrected chi connectivity index (χ3v) is 1.90. The summed E-state index contributed by atoms with van der Waals surface area (Å²) >= 11 is 0. The standard InChI is InChI=1S/C10H16N2O/c1-3-9(13)7-12-10-5-4-8(2)6-11-10/h4-6,9,13H,3,7H2,1-2H3,(H,11,12). The molecular weight excluding hydrogens is 164 g/mol. The summed E-state index contributed by atoms with van der Waals surface area (Å²) in [6, 6.07) is 3.91. The Morgan fingerprint density at radius 1 is 1.54 bits per heavy atom. The Labute approximate surface area is 78.8 Å². The van der Waals surface area contributed by atoms with Gasteiger partial charge < -0.3 is 10.4 Å². The topological polar surface area (TPSA) is 45.1 Å². The molecule has 0 aliphatic rings. The van der Waals surface area contributed by atoms with Crippen molar-refractivity contribution in [3.8, 4) is 0 Å². The molecule has 1 rings (SSSR count). The van der Waals surface area contributed by atoms with E-state index in [4.69, 9.17) is 0 Å². The molecule has 2 N–H and O–H groups in total. The van der Waals surface area contributed by atoms with E-state index in [0.717, 1.165) is 17.8 Å². The van der Waals surface area contributed by atoms with Crippen LogP contribution in [0.5, 0.6) is 0 Å². The molecule has 0 bridgehead atoms. The number of anilines is 1. The maximum atomic E-state index is 9.28. The summed E-state index contributed by atoms with van der Waals surface area (Å²) in [5.74, 6) is 0.818. The molecule has 1 aromatic rings. The van der Waals surface area contributed by atoms with Gasteiger partial charge in [-0.05, 0) is 25.0 Å². The highest BCUT2D eigenvalue weighted by Gasteiger charge is 1.99. The lowest BCUT2D eigenvalue weighted by molar-refractivity contribution is 0.183. The van der Waals surface area contributed by atoms with E-state index in [-0.39, 0.29) is 6.10 Å². The summed E-state index contributed by atoms with van der Waals surface area (Å²) in [6.07, 6.45) is 2.28. The molecule has 0 saturated carbocycles. The van der Waals surface area contributed by atoms with Crippen molar-refractivity contribution in [1.82, 2.24) is 4.98 Å². The number of aryl methyl sites for hydroxylation is 1. The fraction of sp³-hybridized carbons (Fsp3) is 0.500. The first-order valence-electron chi connectivity index (χ1n) is 4.57. The lowest BCUT2D eigenvalue weighted by Gasteiger charge is -2.09. The Hall–Kier alpha value is -1.09. The van der Waals surface area contributed by atoms with Gasteiger partial charge in [0.1, 0.15) is 5.82 Å². The number of hydrogen-bond acceptors (Lipinski definition) is 3. The second kappa shape index (κ2) is 4.82. The minimum atomic E-state index is -0.289. The van der Waals surface area contributed by atoms with Crippen LogP contribution in [0.25, 0.3) is 0 Å². The number of rotatable bonds is 4. The number of aliphatic hydroxyl groups excluding tert-OH is 1. The van der Waals surface area contributed by atoms with Crippen molar-refractivity contribution in [2.45, 2.75) is 26.4 Å². The van der Waals surface area contributed by atoms with Crippen LogP contribution in [-0.2, 0) is 0 Å². The van der Waals surface area contributed by atoms with Crippen molar-refractivity contribution in [2.24, 2.45) is 0 Å². The molecule has 0 saturated heterocycles. The van der Waals surface area contributed by atoms with E-state index in [0.29, 0.717) is 6.54 Å². The predicted molar refractivity (Wildman–Crippen MR) is 53.8 cm³/mol. The van der Waals surface area contributed by atoms with Gasteiger partial charge in [0.25, 0.3) is 0 Å². The quantitative estimate of drug-likeness (QED) is 0.739. The molecular formula is C10H16N2O. The molecule has 3 nitrogen and oxygen atoms in total. The molecule has 0 amide bonds. The Morgan fingerprint density at radius 2 is 2.31 bits per heavy atom. The zero-order valence-electron chi connectivity index (χ0n) is 8.12. The van der Waals surface area contributed by atoms with Gasteiger partial charge in [-0.15, -0.1) is 0 Å². The summed E-state index contributed by atoms with van der Waals surface area (Å²) in [6.45, 7) is 4.51. The Morgan fingerprint density at radius 3 is 2.85 bits per heavy atom. The van der Waals surface area contributed by atoms with Gasteiger partial charge >= 0.3 is 0 Å². The predicted octanol–water partition coefficient (Wildman–Crippen LogP) is 1.57. The van der Waals surface area contributed by atoms with Crippen LogP contribution in [0.15, 0.2) is 18.3 Å².